The number of rotatable bonds is 6. The molecule has 1 unspecified atom stereocenters. The van der Waals surface area contributed by atoms with Crippen LogP contribution in [0.25, 0.3) is 0 Å². The lowest BCUT2D eigenvalue weighted by atomic mass is 10.1. The molecule has 1 aromatic heterocycles. The third kappa shape index (κ3) is 3.79. The molecule has 2 rings (SSSR count). The van der Waals surface area contributed by atoms with Crippen LogP contribution in [-0.2, 0) is 20.0 Å². The zero-order valence-corrected chi connectivity index (χ0v) is 11.6. The first-order valence-electron chi connectivity index (χ1n) is 6.38. The molecule has 0 aliphatic rings. The third-order valence-corrected chi connectivity index (χ3v) is 3.11. The fourth-order valence-electron chi connectivity index (χ4n) is 1.92. The predicted octanol–water partition coefficient (Wildman–Crippen LogP) is 1.54. The average Bonchev–Trinajstić information content (AvgIpc) is 2.83. The lowest BCUT2D eigenvalue weighted by Crippen LogP contribution is -2.28. The van der Waals surface area contributed by atoms with Gasteiger partial charge in [0, 0.05) is 13.1 Å². The number of ether oxygens (including phenoxy) is 1. The molecule has 1 heterocycles. The van der Waals surface area contributed by atoms with Crippen molar-refractivity contribution in [2.24, 2.45) is 7.05 Å². The molecule has 1 N–H and O–H groups in total. The number of hydrogen-bond donors (Lipinski definition) is 1. The van der Waals surface area contributed by atoms with Crippen LogP contribution in [0.4, 0.5) is 0 Å². The summed E-state index contributed by atoms with van der Waals surface area (Å²) in [6.07, 6.45) is 2.69. The lowest BCUT2D eigenvalue weighted by Gasteiger charge is -2.13. The fourth-order valence-corrected chi connectivity index (χ4v) is 1.92. The first-order valence-corrected chi connectivity index (χ1v) is 6.38. The number of aromatic nitrogens is 3. The van der Waals surface area contributed by atoms with E-state index in [0.717, 1.165) is 24.5 Å². The molecule has 19 heavy (non-hydrogen) atoms. The highest BCUT2D eigenvalue weighted by Gasteiger charge is 2.06. The van der Waals surface area contributed by atoms with Crippen molar-refractivity contribution in [1.82, 2.24) is 20.1 Å². The SMILES string of the molecule is COc1ccc(CC(C)NCc2nncn2C)cc1. The van der Waals surface area contributed by atoms with Crippen LogP contribution in [0.3, 0.4) is 0 Å². The van der Waals surface area contributed by atoms with E-state index in [-0.39, 0.29) is 0 Å². The second-order valence-electron chi connectivity index (χ2n) is 4.69. The van der Waals surface area contributed by atoms with Crippen molar-refractivity contribution in [3.63, 3.8) is 0 Å². The summed E-state index contributed by atoms with van der Waals surface area (Å²) in [6.45, 7) is 2.90. The van der Waals surface area contributed by atoms with Crippen LogP contribution in [-0.4, -0.2) is 27.9 Å². The van der Waals surface area contributed by atoms with Crippen LogP contribution in [0.1, 0.15) is 18.3 Å². The Kier molecular flexibility index (Phi) is 4.52. The minimum absolute atomic E-state index is 0.380. The Balaban J connectivity index is 1.83. The van der Waals surface area contributed by atoms with Crippen LogP contribution >= 0.6 is 0 Å². The maximum Gasteiger partial charge on any atom is 0.146 e. The standard InChI is InChI=1S/C14H20N4O/c1-11(15-9-14-17-16-10-18(14)2)8-12-4-6-13(19-3)7-5-12/h4-7,10-11,15H,8-9H2,1-3H3. The maximum atomic E-state index is 5.15. The summed E-state index contributed by atoms with van der Waals surface area (Å²) in [6, 6.07) is 8.55. The second kappa shape index (κ2) is 6.33. The van der Waals surface area contributed by atoms with E-state index in [9.17, 15) is 0 Å². The van der Waals surface area contributed by atoms with Crippen LogP contribution in [0.15, 0.2) is 30.6 Å². The predicted molar refractivity (Wildman–Crippen MR) is 74.0 cm³/mol. The molecule has 0 spiro atoms. The van der Waals surface area contributed by atoms with Gasteiger partial charge >= 0.3 is 0 Å². The second-order valence-corrected chi connectivity index (χ2v) is 4.69. The van der Waals surface area contributed by atoms with Crippen LogP contribution in [0, 0.1) is 0 Å². The van der Waals surface area contributed by atoms with E-state index in [0.29, 0.717) is 6.04 Å². The molecule has 1 aromatic carbocycles. The van der Waals surface area contributed by atoms with Crippen LogP contribution in [0.2, 0.25) is 0 Å². The van der Waals surface area contributed by atoms with Gasteiger partial charge in [-0.2, -0.15) is 0 Å². The molecule has 0 aliphatic carbocycles. The summed E-state index contributed by atoms with van der Waals surface area (Å²) in [5.41, 5.74) is 1.29. The van der Waals surface area contributed by atoms with Gasteiger partial charge in [-0.3, -0.25) is 0 Å². The molecule has 102 valence electrons. The molecular formula is C14H20N4O. The van der Waals surface area contributed by atoms with Gasteiger partial charge in [0.05, 0.1) is 13.7 Å². The quantitative estimate of drug-likeness (QED) is 0.856. The third-order valence-electron chi connectivity index (χ3n) is 3.11. The molecule has 5 nitrogen and oxygen atoms in total. The highest BCUT2D eigenvalue weighted by Crippen LogP contribution is 2.12. The van der Waals surface area contributed by atoms with E-state index in [2.05, 4.69) is 34.6 Å². The summed E-state index contributed by atoms with van der Waals surface area (Å²) in [5, 5.41) is 11.4. The van der Waals surface area contributed by atoms with E-state index in [1.807, 2.05) is 23.7 Å². The number of benzene rings is 1. The first kappa shape index (κ1) is 13.5. The Hall–Kier alpha value is -1.88. The molecule has 0 amide bonds. The van der Waals surface area contributed by atoms with Crippen molar-refractivity contribution >= 4 is 0 Å². The van der Waals surface area contributed by atoms with Crippen molar-refractivity contribution < 1.29 is 4.74 Å². The van der Waals surface area contributed by atoms with Crippen molar-refractivity contribution in [2.75, 3.05) is 7.11 Å². The van der Waals surface area contributed by atoms with E-state index in [1.54, 1.807) is 13.4 Å². The minimum Gasteiger partial charge on any atom is -0.497 e. The monoisotopic (exact) mass is 260 g/mol. The normalized spacial score (nSPS) is 12.4. The summed E-state index contributed by atoms with van der Waals surface area (Å²) in [5.74, 6) is 1.84. The van der Waals surface area contributed by atoms with Crippen molar-refractivity contribution in [2.45, 2.75) is 25.9 Å². The van der Waals surface area contributed by atoms with E-state index < -0.39 is 0 Å². The summed E-state index contributed by atoms with van der Waals surface area (Å²) in [7, 11) is 3.63. The minimum atomic E-state index is 0.380. The van der Waals surface area contributed by atoms with Gasteiger partial charge in [0.1, 0.15) is 17.9 Å². The van der Waals surface area contributed by atoms with Gasteiger partial charge in [-0.15, -0.1) is 10.2 Å². The van der Waals surface area contributed by atoms with Crippen molar-refractivity contribution in [1.29, 1.82) is 0 Å². The highest BCUT2D eigenvalue weighted by atomic mass is 16.5. The zero-order valence-electron chi connectivity index (χ0n) is 11.6. The smallest absolute Gasteiger partial charge is 0.146 e. The van der Waals surface area contributed by atoms with E-state index in [4.69, 9.17) is 4.74 Å². The van der Waals surface area contributed by atoms with Crippen molar-refractivity contribution in [3.8, 4) is 5.75 Å². The topological polar surface area (TPSA) is 52.0 Å². The molecule has 1 atom stereocenters. The molecular weight excluding hydrogens is 240 g/mol. The summed E-state index contributed by atoms with van der Waals surface area (Å²) < 4.78 is 7.07. The average molecular weight is 260 g/mol. The molecule has 0 bridgehead atoms. The molecule has 5 heteroatoms. The largest absolute Gasteiger partial charge is 0.497 e. The highest BCUT2D eigenvalue weighted by molar-refractivity contribution is 5.27. The Morgan fingerprint density at radius 2 is 2.05 bits per heavy atom. The Bertz CT molecular complexity index is 506. The molecule has 0 aliphatic heterocycles. The number of methoxy groups -OCH3 is 1. The maximum absolute atomic E-state index is 5.15. The number of nitrogens with zero attached hydrogens (tertiary/aromatic N) is 3. The number of nitrogens with one attached hydrogen (secondary N) is 1. The summed E-state index contributed by atoms with van der Waals surface area (Å²) in [4.78, 5) is 0. The van der Waals surface area contributed by atoms with Gasteiger partial charge < -0.3 is 14.6 Å². The fraction of sp³-hybridized carbons (Fsp3) is 0.429. The summed E-state index contributed by atoms with van der Waals surface area (Å²) >= 11 is 0. The Morgan fingerprint density at radius 3 is 2.63 bits per heavy atom. The van der Waals surface area contributed by atoms with Crippen molar-refractivity contribution in [3.05, 3.63) is 42.0 Å². The number of hydrogen-bond acceptors (Lipinski definition) is 4. The van der Waals surface area contributed by atoms with Gasteiger partial charge in [0.2, 0.25) is 0 Å². The molecule has 0 radical (unpaired) electrons. The van der Waals surface area contributed by atoms with E-state index >= 15 is 0 Å². The Labute approximate surface area is 113 Å². The first-order chi connectivity index (χ1) is 9.19. The van der Waals surface area contributed by atoms with Gasteiger partial charge in [0.25, 0.3) is 0 Å². The van der Waals surface area contributed by atoms with Gasteiger partial charge in [-0.1, -0.05) is 12.1 Å². The molecule has 0 saturated carbocycles. The molecule has 0 fully saturated rings. The van der Waals surface area contributed by atoms with Gasteiger partial charge in [0.15, 0.2) is 0 Å². The molecule has 2 aromatic rings. The Morgan fingerprint density at radius 1 is 1.32 bits per heavy atom. The van der Waals surface area contributed by atoms with Gasteiger partial charge in [-0.05, 0) is 31.0 Å². The number of aryl methyl sites for hydroxylation is 1. The van der Waals surface area contributed by atoms with Crippen LogP contribution in [0.5, 0.6) is 5.75 Å². The van der Waals surface area contributed by atoms with Crippen LogP contribution < -0.4 is 10.1 Å². The lowest BCUT2D eigenvalue weighted by molar-refractivity contribution is 0.414. The molecule has 0 saturated heterocycles. The van der Waals surface area contributed by atoms with E-state index in [1.165, 1.54) is 5.56 Å². The van der Waals surface area contributed by atoms with Gasteiger partial charge in [-0.25, -0.2) is 0 Å². The zero-order chi connectivity index (χ0) is 13.7.